The first kappa shape index (κ1) is 114. The zero-order valence-corrected chi connectivity index (χ0v) is 96.0. The SMILES string of the molecule is CC(C)(C)C(=O)C=C(O)C(C)(C)C.CC(C)C(O)=CC(=O)C(C)(C)C.CCC(C)(C)C(=O)C=C(O)C(C)(C)CC.Cc1[c-]c(-c2cc(-c3ccc4ccccc4c3)c3cc([Si](C)(C)C)ccc3n2)cc(C)c1.Cc1[c-]c(-c2cc(-c3cccc4ccccc34)c3cc([Si](C)(C)C)ccc3n2)cc(C)c1.Cc1[c-]c(-c2cc(-c3ccncc3)c3cc([Si](C)(C)C)ccc3n2)cc(C)c1.[Ir].[Ir].[Ir]. The molecular formula is C119H143Ir3N4O6Si3-3. The molecule has 0 atom stereocenters. The van der Waals surface area contributed by atoms with Gasteiger partial charge in [-0.15, -0.1) is 105 Å². The fourth-order valence-corrected chi connectivity index (χ4v) is 18.1. The third-order valence-corrected chi connectivity index (χ3v) is 30.3. The average Bonchev–Trinajstić information content (AvgIpc) is 0.746. The molecule has 0 saturated carbocycles. The Balaban J connectivity index is 0.000000259. The number of aliphatic hydroxyl groups excluding tert-OH is 3. The van der Waals surface area contributed by atoms with Crippen LogP contribution in [0.3, 0.4) is 0 Å². The minimum absolute atomic E-state index is 0. The number of aliphatic hydroxyl groups is 3. The van der Waals surface area contributed by atoms with Crippen LogP contribution in [0, 0.1) is 92.7 Å². The Morgan fingerprint density at radius 2 is 0.711 bits per heavy atom. The van der Waals surface area contributed by atoms with E-state index in [2.05, 4.69) is 330 Å². The minimum Gasteiger partial charge on any atom is -0.512 e. The molecule has 14 rings (SSSR count). The van der Waals surface area contributed by atoms with E-state index in [0.717, 1.165) is 79.9 Å². The number of carbonyl (C=O) groups is 3. The maximum Gasteiger partial charge on any atom is 0.164 e. The Hall–Kier alpha value is -9.67. The van der Waals surface area contributed by atoms with E-state index in [4.69, 9.17) is 15.0 Å². The summed E-state index contributed by atoms with van der Waals surface area (Å²) in [4.78, 5) is 54.0. The third-order valence-electron chi connectivity index (χ3n) is 24.2. The molecule has 3 radical (unpaired) electrons. The second-order valence-electron chi connectivity index (χ2n) is 43.3. The molecule has 0 fully saturated rings. The molecule has 0 saturated heterocycles. The molecule has 0 aliphatic rings. The van der Waals surface area contributed by atoms with Crippen molar-refractivity contribution in [3.05, 3.63) is 306 Å². The number of hydrogen-bond acceptors (Lipinski definition) is 10. The maximum atomic E-state index is 11.8. The van der Waals surface area contributed by atoms with E-state index in [1.165, 1.54) is 122 Å². The molecule has 0 spiro atoms. The summed E-state index contributed by atoms with van der Waals surface area (Å²) in [5.74, 6) is 0.452. The van der Waals surface area contributed by atoms with Crippen molar-refractivity contribution in [1.82, 2.24) is 19.9 Å². The Morgan fingerprint density at radius 1 is 0.348 bits per heavy atom. The molecule has 16 heteroatoms. The van der Waals surface area contributed by atoms with E-state index in [9.17, 15) is 29.7 Å². The Morgan fingerprint density at radius 3 is 1.10 bits per heavy atom. The van der Waals surface area contributed by atoms with Crippen LogP contribution < -0.4 is 15.6 Å². The van der Waals surface area contributed by atoms with E-state index in [1.807, 2.05) is 130 Å². The van der Waals surface area contributed by atoms with Crippen molar-refractivity contribution in [3.8, 4) is 67.2 Å². The number of benzene rings is 10. The zero-order chi connectivity index (χ0) is 97.9. The smallest absolute Gasteiger partial charge is 0.164 e. The van der Waals surface area contributed by atoms with Crippen molar-refractivity contribution in [2.45, 2.75) is 231 Å². The summed E-state index contributed by atoms with van der Waals surface area (Å²) in [6.07, 6.45) is 9.36. The van der Waals surface area contributed by atoms with Gasteiger partial charge >= 0.3 is 0 Å². The van der Waals surface area contributed by atoms with Crippen LogP contribution in [0.5, 0.6) is 0 Å². The summed E-state index contributed by atoms with van der Waals surface area (Å²) in [5.41, 5.74) is 21.8. The second-order valence-corrected chi connectivity index (χ2v) is 58.5. The molecule has 717 valence electrons. The number of aryl methyl sites for hydroxylation is 6. The van der Waals surface area contributed by atoms with Crippen molar-refractivity contribution in [2.75, 3.05) is 0 Å². The molecule has 4 heterocycles. The summed E-state index contributed by atoms with van der Waals surface area (Å²) < 4.78 is 0. The fraction of sp³-hybridized carbons (Fsp3) is 0.336. The number of hydrogen-bond donors (Lipinski definition) is 3. The summed E-state index contributed by atoms with van der Waals surface area (Å²) in [5, 5.41) is 41.8. The summed E-state index contributed by atoms with van der Waals surface area (Å²) in [6.45, 7) is 66.2. The Labute approximate surface area is 850 Å². The van der Waals surface area contributed by atoms with Crippen molar-refractivity contribution >= 4 is 111 Å². The van der Waals surface area contributed by atoms with E-state index in [-0.39, 0.29) is 117 Å². The van der Waals surface area contributed by atoms with Gasteiger partial charge in [-0.2, -0.15) is 0 Å². The summed E-state index contributed by atoms with van der Waals surface area (Å²) in [7, 11) is -4.31. The van der Waals surface area contributed by atoms with Gasteiger partial charge in [0.05, 0.1) is 46.5 Å². The van der Waals surface area contributed by atoms with Gasteiger partial charge in [-0.1, -0.05) is 367 Å². The van der Waals surface area contributed by atoms with Crippen LogP contribution in [0.1, 0.15) is 164 Å². The minimum atomic E-state index is -1.45. The molecule has 3 N–H and O–H groups in total. The summed E-state index contributed by atoms with van der Waals surface area (Å²) in [6, 6.07) is 85.5. The van der Waals surface area contributed by atoms with Gasteiger partial charge in [-0.05, 0) is 121 Å². The van der Waals surface area contributed by atoms with Crippen LogP contribution in [0.25, 0.3) is 121 Å². The number of pyridine rings is 4. The van der Waals surface area contributed by atoms with Gasteiger partial charge in [0, 0.05) is 140 Å². The molecule has 0 bridgehead atoms. The summed E-state index contributed by atoms with van der Waals surface area (Å²) >= 11 is 0. The molecular weight excluding hydrogens is 2240 g/mol. The number of rotatable bonds is 17. The second kappa shape index (κ2) is 47.1. The van der Waals surface area contributed by atoms with Crippen LogP contribution in [0.4, 0.5) is 0 Å². The van der Waals surface area contributed by atoms with Crippen LogP contribution in [-0.4, -0.2) is 76.8 Å². The predicted molar refractivity (Wildman–Crippen MR) is 573 cm³/mol. The van der Waals surface area contributed by atoms with Gasteiger partial charge in [-0.3, -0.25) is 34.3 Å². The largest absolute Gasteiger partial charge is 0.512 e. The van der Waals surface area contributed by atoms with Crippen LogP contribution in [-0.2, 0) is 74.7 Å². The quantitative estimate of drug-likeness (QED) is 0.0346. The number of nitrogens with zero attached hydrogens (tertiary/aromatic N) is 4. The molecule has 10 nitrogen and oxygen atoms in total. The van der Waals surface area contributed by atoms with Crippen molar-refractivity contribution in [3.63, 3.8) is 0 Å². The molecule has 0 unspecified atom stereocenters. The standard InChI is InChI=1S/2C30H28NSi.C25H25N2Si.C13H24O2.C11H20O2.C10H18O2.3Ir/c1-20-15-21(2)17-23(16-20)30-19-27(26-12-8-10-22-9-6-7-11-25(22)26)28-18-24(32(3,4)5)13-14-29(28)31-30;1-20-14-21(2)16-25(15-20)30-19-27(24-11-10-22-8-6-7-9-23(22)17-24)28-18-26(32(3,4)5)12-13-29(28)31-30;1-17-12-18(2)14-20(13-17)25-16-22(19-8-10-26-11-9-19)23-15-21(28(3,4)5)6-7-24(23)27-25;1-7-12(3,4)10(14)9-11(15)13(5,6)8-2;1-10(2,3)8(12)7-9(13)11(4,5)6;1-7(2)8(11)6-9(12)10(3,4)5;;;/h6-16,18-19H,1-5H3;6-15,17-19H,1-5H3;6-13,15-16H,1-5H3;9,14H,7-8H2,1-6H3;7,12H,1-6H3;6-7,11H,1-5H3;;;/q3*-1;;;;;;. The molecule has 0 aliphatic carbocycles. The number of allylic oxidation sites excluding steroid dienone is 6. The van der Waals surface area contributed by atoms with E-state index in [0.29, 0.717) is 0 Å². The first-order valence-corrected chi connectivity index (χ1v) is 57.0. The molecule has 0 aliphatic heterocycles. The number of aromatic nitrogens is 4. The van der Waals surface area contributed by atoms with Crippen LogP contribution in [0.15, 0.2) is 254 Å². The molecule has 14 aromatic rings. The van der Waals surface area contributed by atoms with Crippen LogP contribution >= 0.6 is 0 Å². The Bertz CT molecular complexity index is 6570. The van der Waals surface area contributed by atoms with Crippen LogP contribution in [0.2, 0.25) is 58.9 Å². The van der Waals surface area contributed by atoms with E-state index < -0.39 is 35.1 Å². The average molecular weight is 2390 g/mol. The monoisotopic (exact) mass is 2390 g/mol. The van der Waals surface area contributed by atoms with Gasteiger partial charge in [0.15, 0.2) is 17.3 Å². The van der Waals surface area contributed by atoms with Gasteiger partial charge in [-0.25, -0.2) is 0 Å². The van der Waals surface area contributed by atoms with Crippen molar-refractivity contribution in [2.24, 2.45) is 33.0 Å². The fourth-order valence-electron chi connectivity index (χ4n) is 14.6. The zero-order valence-electron chi connectivity index (χ0n) is 85.9. The predicted octanol–water partition coefficient (Wildman–Crippen LogP) is 30.9. The molecule has 4 aromatic heterocycles. The van der Waals surface area contributed by atoms with Gasteiger partial charge in [0.2, 0.25) is 0 Å². The Kier molecular flexibility index (Phi) is 39.8. The normalized spacial score (nSPS) is 12.3. The van der Waals surface area contributed by atoms with Gasteiger partial charge < -0.3 is 15.3 Å². The van der Waals surface area contributed by atoms with Crippen molar-refractivity contribution < 1.29 is 90.0 Å². The van der Waals surface area contributed by atoms with Gasteiger partial charge in [0.1, 0.15) is 11.5 Å². The first-order chi connectivity index (χ1) is 61.3. The number of fused-ring (bicyclic) bond motifs is 5. The van der Waals surface area contributed by atoms with E-state index in [1.54, 1.807) is 0 Å². The van der Waals surface area contributed by atoms with Crippen molar-refractivity contribution in [1.29, 1.82) is 0 Å². The van der Waals surface area contributed by atoms with Gasteiger partial charge in [0.25, 0.3) is 0 Å². The topological polar surface area (TPSA) is 163 Å². The first-order valence-electron chi connectivity index (χ1n) is 46.5. The molecule has 0 amide bonds. The number of ketones is 3. The van der Waals surface area contributed by atoms with E-state index >= 15 is 0 Å². The third kappa shape index (κ3) is 31.2. The molecule has 135 heavy (non-hydrogen) atoms. The maximum absolute atomic E-state index is 11.8. The number of carbonyl (C=O) groups excluding carboxylic acids is 3. The molecule has 10 aromatic carbocycles.